The maximum Gasteiger partial charge on any atom is 0.292 e. The van der Waals surface area contributed by atoms with Gasteiger partial charge in [-0.25, -0.2) is 0 Å². The molecular formula is C12H17N3O3. The Morgan fingerprint density at radius 1 is 1.44 bits per heavy atom. The molecule has 0 saturated heterocycles. The van der Waals surface area contributed by atoms with Crippen LogP contribution in [0.15, 0.2) is 18.2 Å². The fraction of sp³-hybridized carbons (Fsp3) is 0.417. The molecule has 98 valence electrons. The van der Waals surface area contributed by atoms with E-state index in [-0.39, 0.29) is 11.6 Å². The molecule has 0 fully saturated rings. The standard InChI is InChI=1S/C12H17N3O3/c1-9-5-6-11(15(17)18)10(8-9)14-7-3-2-4-12(13)16/h5-6,8,14H,2-4,7H2,1H3,(H2,13,16). The number of hydrogen-bond acceptors (Lipinski definition) is 4. The van der Waals surface area contributed by atoms with Gasteiger partial charge in [-0.3, -0.25) is 14.9 Å². The zero-order valence-corrected chi connectivity index (χ0v) is 10.3. The number of unbranched alkanes of at least 4 members (excludes halogenated alkanes) is 1. The molecule has 0 aliphatic rings. The van der Waals surface area contributed by atoms with Crippen LogP contribution >= 0.6 is 0 Å². The molecule has 0 aromatic heterocycles. The Bertz CT molecular complexity index is 446. The maximum atomic E-state index is 10.8. The van der Waals surface area contributed by atoms with Gasteiger partial charge in [0.2, 0.25) is 5.91 Å². The van der Waals surface area contributed by atoms with E-state index in [0.29, 0.717) is 25.1 Å². The minimum Gasteiger partial charge on any atom is -0.379 e. The van der Waals surface area contributed by atoms with Crippen LogP contribution in [0.3, 0.4) is 0 Å². The fourth-order valence-electron chi connectivity index (χ4n) is 1.60. The van der Waals surface area contributed by atoms with Gasteiger partial charge in [-0.2, -0.15) is 0 Å². The van der Waals surface area contributed by atoms with Gasteiger partial charge < -0.3 is 11.1 Å². The monoisotopic (exact) mass is 251 g/mol. The molecule has 18 heavy (non-hydrogen) atoms. The van der Waals surface area contributed by atoms with Crippen LogP contribution in [0.4, 0.5) is 11.4 Å². The average Bonchev–Trinajstić information content (AvgIpc) is 2.27. The maximum absolute atomic E-state index is 10.8. The van der Waals surface area contributed by atoms with Gasteiger partial charge >= 0.3 is 0 Å². The third-order valence-electron chi connectivity index (χ3n) is 2.51. The van der Waals surface area contributed by atoms with Crippen molar-refractivity contribution >= 4 is 17.3 Å². The number of rotatable bonds is 7. The topological polar surface area (TPSA) is 98.3 Å². The second-order valence-electron chi connectivity index (χ2n) is 4.13. The van der Waals surface area contributed by atoms with Crippen molar-refractivity contribution in [1.29, 1.82) is 0 Å². The van der Waals surface area contributed by atoms with Crippen molar-refractivity contribution in [2.45, 2.75) is 26.2 Å². The molecule has 0 spiro atoms. The highest BCUT2D eigenvalue weighted by molar-refractivity contribution is 5.73. The number of primary amides is 1. The van der Waals surface area contributed by atoms with E-state index in [1.807, 2.05) is 6.92 Å². The van der Waals surface area contributed by atoms with Crippen LogP contribution in [0.2, 0.25) is 0 Å². The van der Waals surface area contributed by atoms with Crippen molar-refractivity contribution in [1.82, 2.24) is 0 Å². The number of benzene rings is 1. The highest BCUT2D eigenvalue weighted by atomic mass is 16.6. The zero-order chi connectivity index (χ0) is 13.5. The van der Waals surface area contributed by atoms with Crippen LogP contribution in [-0.4, -0.2) is 17.4 Å². The predicted octanol–water partition coefficient (Wildman–Crippen LogP) is 1.97. The Kier molecular flexibility index (Phi) is 5.10. The van der Waals surface area contributed by atoms with Gasteiger partial charge in [-0.15, -0.1) is 0 Å². The smallest absolute Gasteiger partial charge is 0.292 e. The van der Waals surface area contributed by atoms with E-state index in [9.17, 15) is 14.9 Å². The lowest BCUT2D eigenvalue weighted by Crippen LogP contribution is -2.11. The molecule has 0 unspecified atom stereocenters. The summed E-state index contributed by atoms with van der Waals surface area (Å²) in [6.45, 7) is 2.46. The Labute approximate surface area is 105 Å². The lowest BCUT2D eigenvalue weighted by molar-refractivity contribution is -0.384. The zero-order valence-electron chi connectivity index (χ0n) is 10.3. The molecule has 6 nitrogen and oxygen atoms in total. The number of nitrogens with one attached hydrogen (secondary N) is 1. The van der Waals surface area contributed by atoms with Crippen LogP contribution in [0, 0.1) is 17.0 Å². The predicted molar refractivity (Wildman–Crippen MR) is 69.4 cm³/mol. The normalized spacial score (nSPS) is 10.1. The van der Waals surface area contributed by atoms with E-state index in [1.165, 1.54) is 6.07 Å². The number of nitrogens with two attached hydrogens (primary N) is 1. The van der Waals surface area contributed by atoms with Crippen molar-refractivity contribution in [2.75, 3.05) is 11.9 Å². The van der Waals surface area contributed by atoms with Crippen LogP contribution in [-0.2, 0) is 4.79 Å². The molecule has 1 aromatic carbocycles. The Morgan fingerprint density at radius 2 is 2.17 bits per heavy atom. The van der Waals surface area contributed by atoms with Crippen molar-refractivity contribution in [3.8, 4) is 0 Å². The van der Waals surface area contributed by atoms with Gasteiger partial charge in [0.05, 0.1) is 4.92 Å². The number of nitro groups is 1. The largest absolute Gasteiger partial charge is 0.379 e. The molecule has 1 rings (SSSR count). The van der Waals surface area contributed by atoms with Gasteiger partial charge in [0.1, 0.15) is 5.69 Å². The number of carbonyl (C=O) groups is 1. The SMILES string of the molecule is Cc1ccc([N+](=O)[O-])c(NCCCCC(N)=O)c1. The highest BCUT2D eigenvalue weighted by Crippen LogP contribution is 2.25. The van der Waals surface area contributed by atoms with Crippen LogP contribution in [0.5, 0.6) is 0 Å². The van der Waals surface area contributed by atoms with Crippen LogP contribution < -0.4 is 11.1 Å². The van der Waals surface area contributed by atoms with Gasteiger partial charge in [0, 0.05) is 19.0 Å². The molecule has 0 saturated carbocycles. The summed E-state index contributed by atoms with van der Waals surface area (Å²) in [4.78, 5) is 20.9. The van der Waals surface area contributed by atoms with E-state index < -0.39 is 4.92 Å². The molecule has 1 amide bonds. The lowest BCUT2D eigenvalue weighted by atomic mass is 10.2. The number of hydrogen-bond donors (Lipinski definition) is 2. The molecule has 6 heteroatoms. The summed E-state index contributed by atoms with van der Waals surface area (Å²) < 4.78 is 0. The Morgan fingerprint density at radius 3 is 2.78 bits per heavy atom. The van der Waals surface area contributed by atoms with E-state index in [1.54, 1.807) is 12.1 Å². The van der Waals surface area contributed by atoms with E-state index in [0.717, 1.165) is 12.0 Å². The molecule has 3 N–H and O–H groups in total. The highest BCUT2D eigenvalue weighted by Gasteiger charge is 2.12. The Hall–Kier alpha value is -2.11. The Balaban J connectivity index is 2.53. The van der Waals surface area contributed by atoms with Gasteiger partial charge in [-0.05, 0) is 31.4 Å². The molecule has 0 heterocycles. The summed E-state index contributed by atoms with van der Waals surface area (Å²) in [5.74, 6) is -0.323. The molecular weight excluding hydrogens is 234 g/mol. The number of carbonyl (C=O) groups excluding carboxylic acids is 1. The average molecular weight is 251 g/mol. The summed E-state index contributed by atoms with van der Waals surface area (Å²) in [5.41, 5.74) is 6.56. The third-order valence-corrected chi connectivity index (χ3v) is 2.51. The number of nitro benzene ring substituents is 1. The summed E-state index contributed by atoms with van der Waals surface area (Å²) in [6.07, 6.45) is 1.77. The molecule has 1 aromatic rings. The first-order valence-corrected chi connectivity index (χ1v) is 5.78. The number of amides is 1. The number of anilines is 1. The van der Waals surface area contributed by atoms with E-state index in [2.05, 4.69) is 5.32 Å². The summed E-state index contributed by atoms with van der Waals surface area (Å²) >= 11 is 0. The molecule has 0 aliphatic carbocycles. The molecule has 0 radical (unpaired) electrons. The van der Waals surface area contributed by atoms with Gasteiger partial charge in [-0.1, -0.05) is 6.07 Å². The minimum atomic E-state index is -0.412. The van der Waals surface area contributed by atoms with Crippen LogP contribution in [0.25, 0.3) is 0 Å². The quantitative estimate of drug-likeness (QED) is 0.439. The van der Waals surface area contributed by atoms with Gasteiger partial charge in [0.15, 0.2) is 0 Å². The molecule has 0 bridgehead atoms. The molecule has 0 atom stereocenters. The number of aryl methyl sites for hydroxylation is 1. The summed E-state index contributed by atoms with van der Waals surface area (Å²) in [7, 11) is 0. The second-order valence-corrected chi connectivity index (χ2v) is 4.13. The van der Waals surface area contributed by atoms with Crippen molar-refractivity contribution in [2.24, 2.45) is 5.73 Å². The second kappa shape index (κ2) is 6.58. The van der Waals surface area contributed by atoms with Crippen molar-refractivity contribution in [3.63, 3.8) is 0 Å². The van der Waals surface area contributed by atoms with E-state index in [4.69, 9.17) is 5.73 Å². The fourth-order valence-corrected chi connectivity index (χ4v) is 1.60. The first kappa shape index (κ1) is 14.0. The number of nitrogens with zero attached hydrogens (tertiary/aromatic N) is 1. The van der Waals surface area contributed by atoms with Gasteiger partial charge in [0.25, 0.3) is 5.69 Å². The summed E-state index contributed by atoms with van der Waals surface area (Å²) in [5, 5.41) is 13.8. The lowest BCUT2D eigenvalue weighted by Gasteiger charge is -2.07. The third kappa shape index (κ3) is 4.40. The first-order valence-electron chi connectivity index (χ1n) is 5.78. The first-order chi connectivity index (χ1) is 8.50. The van der Waals surface area contributed by atoms with E-state index >= 15 is 0 Å². The van der Waals surface area contributed by atoms with Crippen molar-refractivity contribution in [3.05, 3.63) is 33.9 Å². The van der Waals surface area contributed by atoms with Crippen molar-refractivity contribution < 1.29 is 9.72 Å². The van der Waals surface area contributed by atoms with Crippen LogP contribution in [0.1, 0.15) is 24.8 Å². The minimum absolute atomic E-state index is 0.0653. The summed E-state index contributed by atoms with van der Waals surface area (Å²) in [6, 6.07) is 4.93. The molecule has 0 aliphatic heterocycles.